The van der Waals surface area contributed by atoms with Crippen LogP contribution in [-0.4, -0.2) is 11.3 Å². The van der Waals surface area contributed by atoms with Gasteiger partial charge in [-0.2, -0.15) is 0 Å². The fraction of sp³-hybridized carbons (Fsp3) is 0.667. The van der Waals surface area contributed by atoms with Crippen molar-refractivity contribution >= 4 is 18.9 Å². The first-order valence-corrected chi connectivity index (χ1v) is 9.97. The first-order chi connectivity index (χ1) is 9.86. The average molecular weight is 289 g/mol. The van der Waals surface area contributed by atoms with Crippen molar-refractivity contribution in [1.82, 2.24) is 0 Å². The van der Waals surface area contributed by atoms with Crippen LogP contribution in [0.3, 0.4) is 0 Å². The SMILES string of the molecule is Nc1ccccc1P(C1CCCCC1)C1CCCCC1. The second kappa shape index (κ2) is 6.94. The van der Waals surface area contributed by atoms with Gasteiger partial charge < -0.3 is 5.73 Å². The standard InChI is InChI=1S/C18H28NP/c19-17-13-7-8-14-18(17)20(15-9-3-1-4-10-15)16-11-5-2-6-12-16/h7-8,13-16H,1-6,9-12,19H2. The molecule has 2 N–H and O–H groups in total. The van der Waals surface area contributed by atoms with Gasteiger partial charge in [0.1, 0.15) is 0 Å². The Morgan fingerprint density at radius 2 is 1.25 bits per heavy atom. The van der Waals surface area contributed by atoms with E-state index in [2.05, 4.69) is 24.3 Å². The monoisotopic (exact) mass is 289 g/mol. The minimum Gasteiger partial charge on any atom is -0.398 e. The summed E-state index contributed by atoms with van der Waals surface area (Å²) in [4.78, 5) is 0. The van der Waals surface area contributed by atoms with Crippen LogP contribution in [0.5, 0.6) is 0 Å². The molecule has 110 valence electrons. The Labute approximate surface area is 125 Å². The zero-order valence-electron chi connectivity index (χ0n) is 12.6. The molecule has 1 aromatic carbocycles. The van der Waals surface area contributed by atoms with E-state index < -0.39 is 0 Å². The Bertz CT molecular complexity index is 401. The van der Waals surface area contributed by atoms with Gasteiger partial charge >= 0.3 is 0 Å². The highest BCUT2D eigenvalue weighted by atomic mass is 31.1. The molecule has 0 saturated heterocycles. The van der Waals surface area contributed by atoms with Crippen molar-refractivity contribution in [3.8, 4) is 0 Å². The summed E-state index contributed by atoms with van der Waals surface area (Å²) >= 11 is 0. The van der Waals surface area contributed by atoms with Crippen molar-refractivity contribution in [2.24, 2.45) is 0 Å². The van der Waals surface area contributed by atoms with Crippen molar-refractivity contribution in [3.05, 3.63) is 24.3 Å². The van der Waals surface area contributed by atoms with E-state index in [1.807, 2.05) is 0 Å². The molecule has 1 aromatic rings. The number of hydrogen-bond donors (Lipinski definition) is 1. The van der Waals surface area contributed by atoms with Crippen LogP contribution in [0.4, 0.5) is 5.69 Å². The van der Waals surface area contributed by atoms with E-state index in [0.29, 0.717) is 0 Å². The fourth-order valence-corrected chi connectivity index (χ4v) is 7.99. The lowest BCUT2D eigenvalue weighted by Crippen LogP contribution is -2.27. The maximum Gasteiger partial charge on any atom is 0.0392 e. The molecule has 0 amide bonds. The van der Waals surface area contributed by atoms with Crippen LogP contribution in [0, 0.1) is 0 Å². The number of anilines is 1. The van der Waals surface area contributed by atoms with Gasteiger partial charge in [-0.25, -0.2) is 0 Å². The molecule has 2 aliphatic rings. The summed E-state index contributed by atoms with van der Waals surface area (Å²) < 4.78 is 0. The third-order valence-electron chi connectivity index (χ3n) is 5.15. The Balaban J connectivity index is 1.87. The van der Waals surface area contributed by atoms with Crippen LogP contribution >= 0.6 is 7.92 Å². The van der Waals surface area contributed by atoms with Crippen LogP contribution in [0.25, 0.3) is 0 Å². The topological polar surface area (TPSA) is 26.0 Å². The maximum absolute atomic E-state index is 6.35. The van der Waals surface area contributed by atoms with Crippen molar-refractivity contribution < 1.29 is 0 Å². The Kier molecular flexibility index (Phi) is 4.99. The summed E-state index contributed by atoms with van der Waals surface area (Å²) in [7, 11) is -0.0379. The number of nitrogens with two attached hydrogens (primary N) is 1. The summed E-state index contributed by atoms with van der Waals surface area (Å²) in [6, 6.07) is 8.75. The summed E-state index contributed by atoms with van der Waals surface area (Å²) in [6.45, 7) is 0. The number of benzene rings is 1. The smallest absolute Gasteiger partial charge is 0.0392 e. The highest BCUT2D eigenvalue weighted by Gasteiger charge is 2.32. The molecule has 0 spiro atoms. The number of nitrogen functional groups attached to an aromatic ring is 1. The van der Waals surface area contributed by atoms with Crippen LogP contribution < -0.4 is 11.0 Å². The van der Waals surface area contributed by atoms with E-state index in [1.54, 1.807) is 0 Å². The zero-order valence-corrected chi connectivity index (χ0v) is 13.5. The summed E-state index contributed by atoms with van der Waals surface area (Å²) in [5, 5.41) is 1.53. The summed E-state index contributed by atoms with van der Waals surface area (Å²) in [5.41, 5.74) is 9.32. The highest BCUT2D eigenvalue weighted by Crippen LogP contribution is 2.55. The third kappa shape index (κ3) is 3.19. The minimum atomic E-state index is -0.0379. The lowest BCUT2D eigenvalue weighted by atomic mass is 9.99. The zero-order chi connectivity index (χ0) is 13.8. The largest absolute Gasteiger partial charge is 0.398 e. The fourth-order valence-electron chi connectivity index (χ4n) is 4.13. The molecule has 0 bridgehead atoms. The first kappa shape index (κ1) is 14.4. The Morgan fingerprint density at radius 1 is 0.750 bits per heavy atom. The summed E-state index contributed by atoms with van der Waals surface area (Å²) in [5.74, 6) is 0. The van der Waals surface area contributed by atoms with E-state index in [0.717, 1.165) is 17.0 Å². The molecule has 3 rings (SSSR count). The van der Waals surface area contributed by atoms with E-state index in [4.69, 9.17) is 5.73 Å². The second-order valence-corrected chi connectivity index (χ2v) is 9.31. The Hall–Kier alpha value is -0.550. The number of rotatable bonds is 3. The second-order valence-electron chi connectivity index (χ2n) is 6.55. The molecule has 2 saturated carbocycles. The van der Waals surface area contributed by atoms with Crippen molar-refractivity contribution in [2.45, 2.75) is 75.5 Å². The van der Waals surface area contributed by atoms with Gasteiger partial charge in [0.15, 0.2) is 0 Å². The molecule has 2 aliphatic carbocycles. The van der Waals surface area contributed by atoms with Crippen LogP contribution in [0.1, 0.15) is 64.2 Å². The molecular formula is C18H28NP. The lowest BCUT2D eigenvalue weighted by Gasteiger charge is -2.39. The molecule has 0 heterocycles. The van der Waals surface area contributed by atoms with Crippen LogP contribution in [0.2, 0.25) is 0 Å². The van der Waals surface area contributed by atoms with E-state index in [9.17, 15) is 0 Å². The van der Waals surface area contributed by atoms with Gasteiger partial charge in [0.05, 0.1) is 0 Å². The van der Waals surface area contributed by atoms with Gasteiger partial charge in [0.25, 0.3) is 0 Å². The van der Waals surface area contributed by atoms with Crippen molar-refractivity contribution in [2.75, 3.05) is 5.73 Å². The minimum absolute atomic E-state index is 0.0379. The number of para-hydroxylation sites is 1. The molecular weight excluding hydrogens is 261 g/mol. The normalized spacial score (nSPS) is 22.2. The molecule has 0 radical (unpaired) electrons. The summed E-state index contributed by atoms with van der Waals surface area (Å²) in [6.07, 6.45) is 14.5. The van der Waals surface area contributed by atoms with E-state index in [-0.39, 0.29) is 7.92 Å². The Morgan fingerprint density at radius 3 is 1.75 bits per heavy atom. The molecule has 2 fully saturated rings. The van der Waals surface area contributed by atoms with Gasteiger partial charge in [-0.05, 0) is 48.4 Å². The predicted molar refractivity (Wildman–Crippen MR) is 91.2 cm³/mol. The van der Waals surface area contributed by atoms with E-state index >= 15 is 0 Å². The van der Waals surface area contributed by atoms with Gasteiger partial charge in [-0.15, -0.1) is 0 Å². The van der Waals surface area contributed by atoms with Gasteiger partial charge in [0.2, 0.25) is 0 Å². The molecule has 2 heteroatoms. The predicted octanol–water partition coefficient (Wildman–Crippen LogP) is 5.04. The van der Waals surface area contributed by atoms with Gasteiger partial charge in [0, 0.05) is 5.69 Å². The average Bonchev–Trinajstić information content (AvgIpc) is 2.52. The molecule has 0 aromatic heterocycles. The highest BCUT2D eigenvalue weighted by molar-refractivity contribution is 7.67. The van der Waals surface area contributed by atoms with Gasteiger partial charge in [-0.1, -0.05) is 64.6 Å². The molecule has 1 nitrogen and oxygen atoms in total. The van der Waals surface area contributed by atoms with Gasteiger partial charge in [-0.3, -0.25) is 0 Å². The third-order valence-corrected chi connectivity index (χ3v) is 8.72. The molecule has 0 unspecified atom stereocenters. The first-order valence-electron chi connectivity index (χ1n) is 8.49. The molecule has 20 heavy (non-hydrogen) atoms. The molecule has 0 atom stereocenters. The number of hydrogen-bond acceptors (Lipinski definition) is 1. The maximum atomic E-state index is 6.35. The van der Waals surface area contributed by atoms with Crippen LogP contribution in [-0.2, 0) is 0 Å². The quantitative estimate of drug-likeness (QED) is 0.612. The van der Waals surface area contributed by atoms with Crippen LogP contribution in [0.15, 0.2) is 24.3 Å². The lowest BCUT2D eigenvalue weighted by molar-refractivity contribution is 0.487. The molecule has 0 aliphatic heterocycles. The van der Waals surface area contributed by atoms with Crippen molar-refractivity contribution in [1.29, 1.82) is 0 Å². The van der Waals surface area contributed by atoms with Crippen molar-refractivity contribution in [3.63, 3.8) is 0 Å². The van der Waals surface area contributed by atoms with E-state index in [1.165, 1.54) is 69.5 Å².